The van der Waals surface area contributed by atoms with Crippen molar-refractivity contribution in [3.8, 4) is 0 Å². The molecule has 7 heteroatoms. The first-order valence-corrected chi connectivity index (χ1v) is 6.99. The van der Waals surface area contributed by atoms with Crippen LogP contribution < -0.4 is 5.32 Å². The van der Waals surface area contributed by atoms with E-state index in [9.17, 15) is 10.1 Å². The van der Waals surface area contributed by atoms with E-state index in [4.69, 9.17) is 9.84 Å². The van der Waals surface area contributed by atoms with Crippen molar-refractivity contribution in [1.82, 2.24) is 5.32 Å². The van der Waals surface area contributed by atoms with Crippen molar-refractivity contribution in [3.63, 3.8) is 0 Å². The third-order valence-electron chi connectivity index (χ3n) is 3.05. The number of rotatable bonds is 8. The minimum atomic E-state index is -0.421. The Kier molecular flexibility index (Phi) is 6.54. The van der Waals surface area contributed by atoms with Crippen LogP contribution in [0.5, 0.6) is 0 Å². The smallest absolute Gasteiger partial charge is 0.283 e. The summed E-state index contributed by atoms with van der Waals surface area (Å²) in [6.45, 7) is 2.91. The quantitative estimate of drug-likeness (QED) is 0.557. The van der Waals surface area contributed by atoms with Gasteiger partial charge in [0.1, 0.15) is 0 Å². The summed E-state index contributed by atoms with van der Waals surface area (Å²) in [7, 11) is 1.60. The van der Waals surface area contributed by atoms with Crippen LogP contribution in [0.25, 0.3) is 0 Å². The second kappa shape index (κ2) is 7.68. The standard InChI is InChI=1S/C13H19BrN2O4/c1-13(5-6-17,9-20-2)15-8-10-3-4-11(14)12(7-10)16(18)19/h3-4,7,15,17H,5-6,8-9H2,1-2H3. The van der Waals surface area contributed by atoms with Crippen LogP contribution in [0.3, 0.4) is 0 Å². The molecule has 1 atom stereocenters. The Bertz CT molecular complexity index is 462. The maximum Gasteiger partial charge on any atom is 0.283 e. The highest BCUT2D eigenvalue weighted by molar-refractivity contribution is 9.10. The molecule has 1 aromatic rings. The average Bonchev–Trinajstić information content (AvgIpc) is 2.38. The Labute approximate surface area is 126 Å². The van der Waals surface area contributed by atoms with Gasteiger partial charge in [-0.2, -0.15) is 0 Å². The van der Waals surface area contributed by atoms with E-state index in [0.717, 1.165) is 5.56 Å². The largest absolute Gasteiger partial charge is 0.396 e. The molecule has 0 aliphatic carbocycles. The number of halogens is 1. The Balaban J connectivity index is 2.78. The number of nitro groups is 1. The molecule has 0 saturated heterocycles. The van der Waals surface area contributed by atoms with Gasteiger partial charge in [-0.05, 0) is 40.9 Å². The number of nitrogens with one attached hydrogen (secondary N) is 1. The molecule has 0 aliphatic heterocycles. The van der Waals surface area contributed by atoms with Gasteiger partial charge in [-0.25, -0.2) is 0 Å². The minimum Gasteiger partial charge on any atom is -0.396 e. The summed E-state index contributed by atoms with van der Waals surface area (Å²) in [6.07, 6.45) is 0.541. The highest BCUT2D eigenvalue weighted by Crippen LogP contribution is 2.25. The molecule has 0 aromatic heterocycles. The second-order valence-electron chi connectivity index (χ2n) is 4.86. The molecule has 112 valence electrons. The summed E-state index contributed by atoms with van der Waals surface area (Å²) in [5.74, 6) is 0. The monoisotopic (exact) mass is 346 g/mol. The van der Waals surface area contributed by atoms with E-state index in [1.807, 2.05) is 13.0 Å². The van der Waals surface area contributed by atoms with Gasteiger partial charge in [0.2, 0.25) is 0 Å². The van der Waals surface area contributed by atoms with Crippen LogP contribution in [0, 0.1) is 10.1 Å². The zero-order valence-corrected chi connectivity index (χ0v) is 13.1. The molecule has 0 amide bonds. The zero-order chi connectivity index (χ0) is 15.2. The molecule has 1 aromatic carbocycles. The molecule has 0 saturated carbocycles. The normalized spacial score (nSPS) is 14.0. The Morgan fingerprint density at radius 1 is 1.55 bits per heavy atom. The van der Waals surface area contributed by atoms with Crippen LogP contribution in [0.4, 0.5) is 5.69 Å². The van der Waals surface area contributed by atoms with Crippen molar-refractivity contribution in [1.29, 1.82) is 0 Å². The number of methoxy groups -OCH3 is 1. The number of hydrogen-bond acceptors (Lipinski definition) is 5. The number of ether oxygens (including phenoxy) is 1. The van der Waals surface area contributed by atoms with Crippen molar-refractivity contribution < 1.29 is 14.8 Å². The van der Waals surface area contributed by atoms with Crippen molar-refractivity contribution in [2.75, 3.05) is 20.3 Å². The van der Waals surface area contributed by atoms with E-state index in [-0.39, 0.29) is 17.8 Å². The third kappa shape index (κ3) is 4.82. The molecule has 0 aliphatic rings. The lowest BCUT2D eigenvalue weighted by molar-refractivity contribution is -0.385. The van der Waals surface area contributed by atoms with Gasteiger partial charge in [-0.1, -0.05) is 6.07 Å². The van der Waals surface area contributed by atoms with Crippen molar-refractivity contribution in [3.05, 3.63) is 38.3 Å². The van der Waals surface area contributed by atoms with E-state index in [1.165, 1.54) is 6.07 Å². The minimum absolute atomic E-state index is 0.0416. The van der Waals surface area contributed by atoms with Gasteiger partial charge in [-0.3, -0.25) is 10.1 Å². The molecular formula is C13H19BrN2O4. The topological polar surface area (TPSA) is 84.6 Å². The molecule has 0 heterocycles. The van der Waals surface area contributed by atoms with E-state index in [1.54, 1.807) is 13.2 Å². The second-order valence-corrected chi connectivity index (χ2v) is 5.72. The van der Waals surface area contributed by atoms with Crippen LogP contribution in [0.15, 0.2) is 22.7 Å². The first kappa shape index (κ1) is 17.0. The molecule has 0 fully saturated rings. The fourth-order valence-electron chi connectivity index (χ4n) is 1.90. The number of hydrogen-bond donors (Lipinski definition) is 2. The number of aliphatic hydroxyl groups excluding tert-OH is 1. The molecule has 6 nitrogen and oxygen atoms in total. The summed E-state index contributed by atoms with van der Waals surface area (Å²) < 4.78 is 5.60. The first-order valence-electron chi connectivity index (χ1n) is 6.19. The van der Waals surface area contributed by atoms with Crippen molar-refractivity contribution >= 4 is 21.6 Å². The molecule has 1 rings (SSSR count). The van der Waals surface area contributed by atoms with Crippen molar-refractivity contribution in [2.24, 2.45) is 0 Å². The van der Waals surface area contributed by atoms with Gasteiger partial charge in [0, 0.05) is 31.9 Å². The number of benzene rings is 1. The highest BCUT2D eigenvalue weighted by Gasteiger charge is 2.23. The summed E-state index contributed by atoms with van der Waals surface area (Å²) in [4.78, 5) is 10.5. The SMILES string of the molecule is COCC(C)(CCO)NCc1ccc(Br)c([N+](=O)[O-])c1. The zero-order valence-electron chi connectivity index (χ0n) is 11.6. The van der Waals surface area contributed by atoms with E-state index in [2.05, 4.69) is 21.2 Å². The molecule has 0 bridgehead atoms. The van der Waals surface area contributed by atoms with Crippen LogP contribution >= 0.6 is 15.9 Å². The summed E-state index contributed by atoms with van der Waals surface area (Å²) in [5.41, 5.74) is 0.478. The number of aliphatic hydroxyl groups is 1. The van der Waals surface area contributed by atoms with Crippen molar-refractivity contribution in [2.45, 2.75) is 25.4 Å². The molecule has 20 heavy (non-hydrogen) atoms. The summed E-state index contributed by atoms with van der Waals surface area (Å²) >= 11 is 3.16. The first-order chi connectivity index (χ1) is 9.41. The van der Waals surface area contributed by atoms with Gasteiger partial charge in [0.05, 0.1) is 16.0 Å². The molecule has 0 radical (unpaired) electrons. The Morgan fingerprint density at radius 3 is 2.80 bits per heavy atom. The summed E-state index contributed by atoms with van der Waals surface area (Å²) in [5, 5.41) is 23.2. The van der Waals surface area contributed by atoms with Crippen LogP contribution in [0.2, 0.25) is 0 Å². The fraction of sp³-hybridized carbons (Fsp3) is 0.538. The number of nitro benzene ring substituents is 1. The maximum atomic E-state index is 10.9. The van der Waals surface area contributed by atoms with Gasteiger partial charge in [0.25, 0.3) is 5.69 Å². The van der Waals surface area contributed by atoms with E-state index in [0.29, 0.717) is 24.0 Å². The fourth-order valence-corrected chi connectivity index (χ4v) is 2.29. The molecule has 2 N–H and O–H groups in total. The lowest BCUT2D eigenvalue weighted by Gasteiger charge is -2.29. The Morgan fingerprint density at radius 2 is 2.25 bits per heavy atom. The lowest BCUT2D eigenvalue weighted by Crippen LogP contribution is -2.46. The van der Waals surface area contributed by atoms with Crippen LogP contribution in [0.1, 0.15) is 18.9 Å². The molecular weight excluding hydrogens is 328 g/mol. The van der Waals surface area contributed by atoms with Crippen LogP contribution in [-0.2, 0) is 11.3 Å². The summed E-state index contributed by atoms with van der Waals surface area (Å²) in [6, 6.07) is 5.01. The molecule has 0 spiro atoms. The van der Waals surface area contributed by atoms with Crippen LogP contribution in [-0.4, -0.2) is 35.9 Å². The van der Waals surface area contributed by atoms with Gasteiger partial charge >= 0.3 is 0 Å². The van der Waals surface area contributed by atoms with Gasteiger partial charge < -0.3 is 15.2 Å². The highest BCUT2D eigenvalue weighted by atomic mass is 79.9. The maximum absolute atomic E-state index is 10.9. The number of nitrogens with zero attached hydrogens (tertiary/aromatic N) is 1. The average molecular weight is 347 g/mol. The van der Waals surface area contributed by atoms with E-state index >= 15 is 0 Å². The predicted octanol–water partition coefficient (Wildman–Crippen LogP) is 2.23. The van der Waals surface area contributed by atoms with Gasteiger partial charge in [-0.15, -0.1) is 0 Å². The third-order valence-corrected chi connectivity index (χ3v) is 3.72. The van der Waals surface area contributed by atoms with E-state index < -0.39 is 4.92 Å². The van der Waals surface area contributed by atoms with Gasteiger partial charge in [0.15, 0.2) is 0 Å². The lowest BCUT2D eigenvalue weighted by atomic mass is 9.99. The predicted molar refractivity (Wildman–Crippen MR) is 79.6 cm³/mol. The molecule has 1 unspecified atom stereocenters. The Hall–Kier alpha value is -1.02.